The predicted molar refractivity (Wildman–Crippen MR) is 69.2 cm³/mol. The van der Waals surface area contributed by atoms with Crippen LogP contribution in [0, 0.1) is 5.92 Å². The average molecular weight is 317 g/mol. The zero-order valence-corrected chi connectivity index (χ0v) is 11.6. The van der Waals surface area contributed by atoms with Gasteiger partial charge < -0.3 is 14.7 Å². The molecule has 1 N–H and O–H groups in total. The second-order valence-corrected chi connectivity index (χ2v) is 4.95. The molecule has 1 heterocycles. The summed E-state index contributed by atoms with van der Waals surface area (Å²) < 4.78 is 43.1. The lowest BCUT2D eigenvalue weighted by Gasteiger charge is -2.28. The Balaban J connectivity index is 2.43. The van der Waals surface area contributed by atoms with Gasteiger partial charge in [0, 0.05) is 6.54 Å². The van der Waals surface area contributed by atoms with Crippen molar-refractivity contribution in [3.8, 4) is 5.75 Å². The average Bonchev–Trinajstić information content (AvgIpc) is 2.90. The molecule has 1 fully saturated rings. The lowest BCUT2D eigenvalue weighted by Crippen LogP contribution is -2.42. The number of carboxylic acid groups (broad SMARTS) is 1. The molecule has 0 unspecified atom stereocenters. The van der Waals surface area contributed by atoms with Crippen LogP contribution in [0.1, 0.15) is 18.0 Å². The van der Waals surface area contributed by atoms with Crippen LogP contribution in [0.15, 0.2) is 24.3 Å². The van der Waals surface area contributed by atoms with Crippen LogP contribution >= 0.6 is 0 Å². The molecule has 120 valence electrons. The van der Waals surface area contributed by atoms with Gasteiger partial charge in [0.25, 0.3) is 0 Å². The number of halogens is 3. The summed E-state index contributed by atoms with van der Waals surface area (Å²) in [7, 11) is 1.39. The largest absolute Gasteiger partial charge is 0.497 e. The Labute approximate surface area is 124 Å². The fraction of sp³-hybridized carbons (Fsp3) is 0.429. The molecule has 2 rings (SSSR count). The smallest absolute Gasteiger partial charge is 0.471 e. The summed E-state index contributed by atoms with van der Waals surface area (Å²) >= 11 is 0. The van der Waals surface area contributed by atoms with Crippen molar-refractivity contribution in [1.29, 1.82) is 0 Å². The van der Waals surface area contributed by atoms with Gasteiger partial charge >= 0.3 is 18.1 Å². The number of hydrogen-bond acceptors (Lipinski definition) is 3. The number of alkyl halides is 3. The maximum Gasteiger partial charge on any atom is 0.471 e. The molecule has 1 aromatic carbocycles. The first-order valence-corrected chi connectivity index (χ1v) is 6.50. The van der Waals surface area contributed by atoms with Gasteiger partial charge in [0.05, 0.1) is 19.1 Å². The molecule has 5 nitrogen and oxygen atoms in total. The Morgan fingerprint density at radius 2 is 2.05 bits per heavy atom. The normalized spacial score (nSPS) is 21.7. The Bertz CT molecular complexity index is 588. The highest BCUT2D eigenvalue weighted by molar-refractivity contribution is 5.84. The maximum absolute atomic E-state index is 12.7. The number of nitrogens with zero attached hydrogens (tertiary/aromatic N) is 1. The van der Waals surface area contributed by atoms with E-state index >= 15 is 0 Å². The van der Waals surface area contributed by atoms with Crippen molar-refractivity contribution < 1.29 is 32.6 Å². The van der Waals surface area contributed by atoms with Gasteiger partial charge in [-0.25, -0.2) is 0 Å². The monoisotopic (exact) mass is 317 g/mol. The second kappa shape index (κ2) is 5.86. The van der Waals surface area contributed by atoms with E-state index in [1.54, 1.807) is 12.1 Å². The van der Waals surface area contributed by atoms with Gasteiger partial charge in [-0.2, -0.15) is 13.2 Å². The van der Waals surface area contributed by atoms with Gasteiger partial charge in [-0.05, 0) is 24.1 Å². The first kappa shape index (κ1) is 16.1. The lowest BCUT2D eigenvalue weighted by molar-refractivity contribution is -0.187. The van der Waals surface area contributed by atoms with Crippen LogP contribution < -0.4 is 4.74 Å². The van der Waals surface area contributed by atoms with Gasteiger partial charge in [0.2, 0.25) is 0 Å². The minimum Gasteiger partial charge on any atom is -0.497 e. The van der Waals surface area contributed by atoms with Crippen molar-refractivity contribution in [3.63, 3.8) is 0 Å². The number of carboxylic acids is 1. The third-order valence-electron chi connectivity index (χ3n) is 3.65. The van der Waals surface area contributed by atoms with E-state index in [2.05, 4.69) is 0 Å². The number of rotatable bonds is 3. The molecule has 8 heteroatoms. The fourth-order valence-corrected chi connectivity index (χ4v) is 2.68. The molecule has 2 atom stereocenters. The molecular formula is C14H14F3NO4. The van der Waals surface area contributed by atoms with Crippen LogP contribution in [0.3, 0.4) is 0 Å². The zero-order chi connectivity index (χ0) is 16.5. The number of amides is 1. The molecule has 0 spiro atoms. The van der Waals surface area contributed by atoms with Gasteiger partial charge in [-0.1, -0.05) is 12.1 Å². The van der Waals surface area contributed by atoms with Gasteiger partial charge in [0.1, 0.15) is 5.75 Å². The Kier molecular flexibility index (Phi) is 4.30. The highest BCUT2D eigenvalue weighted by atomic mass is 19.4. The van der Waals surface area contributed by atoms with Gasteiger partial charge in [-0.3, -0.25) is 9.59 Å². The molecule has 1 aliphatic rings. The number of benzene rings is 1. The molecule has 0 bridgehead atoms. The Hall–Kier alpha value is -2.25. The van der Waals surface area contributed by atoms with E-state index in [0.717, 1.165) is 0 Å². The van der Waals surface area contributed by atoms with Crippen LogP contribution in [-0.4, -0.2) is 41.7 Å². The number of carbonyl (C=O) groups excluding carboxylic acids is 1. The summed E-state index contributed by atoms with van der Waals surface area (Å²) in [5, 5.41) is 9.22. The molecule has 1 amide bonds. The Morgan fingerprint density at radius 1 is 1.36 bits per heavy atom. The van der Waals surface area contributed by atoms with Crippen molar-refractivity contribution in [2.24, 2.45) is 5.92 Å². The van der Waals surface area contributed by atoms with Crippen LogP contribution in [0.2, 0.25) is 0 Å². The van der Waals surface area contributed by atoms with E-state index in [9.17, 15) is 27.9 Å². The zero-order valence-electron chi connectivity index (χ0n) is 11.6. The van der Waals surface area contributed by atoms with E-state index in [0.29, 0.717) is 16.2 Å². The SMILES string of the molecule is COc1cccc([C@H]2[C@@H](C(=O)O)CCN2C(=O)C(F)(F)F)c1. The topological polar surface area (TPSA) is 66.8 Å². The molecule has 0 radical (unpaired) electrons. The van der Waals surface area contributed by atoms with Crippen molar-refractivity contribution in [2.45, 2.75) is 18.6 Å². The third-order valence-corrected chi connectivity index (χ3v) is 3.65. The molecule has 1 aliphatic heterocycles. The maximum atomic E-state index is 12.7. The summed E-state index contributed by atoms with van der Waals surface area (Å²) in [6.45, 7) is -0.253. The van der Waals surface area contributed by atoms with E-state index in [1.165, 1.54) is 19.2 Å². The van der Waals surface area contributed by atoms with Crippen molar-refractivity contribution in [3.05, 3.63) is 29.8 Å². The molecule has 0 aliphatic carbocycles. The molecule has 0 aromatic heterocycles. The van der Waals surface area contributed by atoms with Crippen LogP contribution in [-0.2, 0) is 9.59 Å². The molecule has 1 aromatic rings. The van der Waals surface area contributed by atoms with Crippen LogP contribution in [0.25, 0.3) is 0 Å². The summed E-state index contributed by atoms with van der Waals surface area (Å²) in [5.74, 6) is -3.96. The predicted octanol–water partition coefficient (Wildman–Crippen LogP) is 2.23. The fourth-order valence-electron chi connectivity index (χ4n) is 2.68. The number of hydrogen-bond donors (Lipinski definition) is 1. The number of likely N-dealkylation sites (tertiary alicyclic amines) is 1. The van der Waals surface area contributed by atoms with Crippen LogP contribution in [0.5, 0.6) is 5.75 Å². The van der Waals surface area contributed by atoms with E-state index in [-0.39, 0.29) is 13.0 Å². The standard InChI is InChI=1S/C14H14F3NO4/c1-22-9-4-2-3-8(7-9)11-10(12(19)20)5-6-18(11)13(21)14(15,16)17/h2-4,7,10-11H,5-6H2,1H3,(H,19,20)/t10-,11-/m0/s1. The summed E-state index contributed by atoms with van der Waals surface area (Å²) in [6.07, 6.45) is -5.07. The van der Waals surface area contributed by atoms with Gasteiger partial charge in [-0.15, -0.1) is 0 Å². The van der Waals surface area contributed by atoms with E-state index < -0.39 is 30.0 Å². The lowest BCUT2D eigenvalue weighted by atomic mass is 9.93. The quantitative estimate of drug-likeness (QED) is 0.928. The highest BCUT2D eigenvalue weighted by Crippen LogP contribution is 2.40. The minimum atomic E-state index is -5.04. The van der Waals surface area contributed by atoms with Gasteiger partial charge in [0.15, 0.2) is 0 Å². The van der Waals surface area contributed by atoms with E-state index in [4.69, 9.17) is 4.74 Å². The number of aliphatic carboxylic acids is 1. The number of ether oxygens (including phenoxy) is 1. The van der Waals surface area contributed by atoms with Crippen molar-refractivity contribution >= 4 is 11.9 Å². The number of carbonyl (C=O) groups is 2. The van der Waals surface area contributed by atoms with E-state index in [1.807, 2.05) is 0 Å². The van der Waals surface area contributed by atoms with Crippen molar-refractivity contribution in [1.82, 2.24) is 4.90 Å². The molecule has 22 heavy (non-hydrogen) atoms. The van der Waals surface area contributed by atoms with Crippen LogP contribution in [0.4, 0.5) is 13.2 Å². The highest BCUT2D eigenvalue weighted by Gasteiger charge is 2.50. The summed E-state index contributed by atoms with van der Waals surface area (Å²) in [6, 6.07) is 4.90. The first-order valence-electron chi connectivity index (χ1n) is 6.50. The second-order valence-electron chi connectivity index (χ2n) is 4.95. The van der Waals surface area contributed by atoms with Crippen molar-refractivity contribution in [2.75, 3.05) is 13.7 Å². The third kappa shape index (κ3) is 3.00. The Morgan fingerprint density at radius 3 is 2.59 bits per heavy atom. The minimum absolute atomic E-state index is 0.0287. The summed E-state index contributed by atoms with van der Waals surface area (Å²) in [4.78, 5) is 23.4. The first-order chi connectivity index (χ1) is 10.3. The molecule has 1 saturated heterocycles. The molecule has 0 saturated carbocycles. The molecular weight excluding hydrogens is 303 g/mol. The summed E-state index contributed by atoms with van der Waals surface area (Å²) in [5.41, 5.74) is 0.307. The number of methoxy groups -OCH3 is 1.